The van der Waals surface area contributed by atoms with Crippen LogP contribution in [0.15, 0.2) is 63.1 Å². The maximum atomic E-state index is 12.5. The standard InChI is InChI=1S/C23H19N5O8S/c29-13-7-3-10(4-8-13)17(16-19(32)26-22(36)27-20(16)33)25-23-28-18(31)14(37-23)9-15(30)24-12-5-1-11(2-6-12)21(34)35/h1-8,14,17,29H,9H2,(H,24,30)(H,34,35)(H,25,28,31)(H3,26,27,32,33,36)/t14-,17-/m0/s1. The quantitative estimate of drug-likeness (QED) is 0.233. The van der Waals surface area contributed by atoms with Crippen LogP contribution in [0.1, 0.15) is 33.9 Å². The van der Waals surface area contributed by atoms with Crippen LogP contribution < -0.4 is 21.9 Å². The number of anilines is 1. The summed E-state index contributed by atoms with van der Waals surface area (Å²) >= 11 is 0.935. The predicted molar refractivity (Wildman–Crippen MR) is 133 cm³/mol. The SMILES string of the molecule is O=C(C[C@@H]1SC(=N[C@@H](c2ccc(O)cc2)c2c(O)[nH]c(=O)[nH]c2=O)NC1=O)Nc1ccc(C(=O)O)cc1. The lowest BCUT2D eigenvalue weighted by molar-refractivity contribution is -0.122. The average molecular weight is 525 g/mol. The van der Waals surface area contributed by atoms with Crippen molar-refractivity contribution in [1.29, 1.82) is 0 Å². The van der Waals surface area contributed by atoms with Gasteiger partial charge in [0.15, 0.2) is 5.17 Å². The van der Waals surface area contributed by atoms with Gasteiger partial charge in [-0.25, -0.2) is 14.6 Å². The molecule has 0 unspecified atom stereocenters. The summed E-state index contributed by atoms with van der Waals surface area (Å²) in [6.07, 6.45) is -0.232. The van der Waals surface area contributed by atoms with Gasteiger partial charge in [-0.15, -0.1) is 0 Å². The molecule has 13 nitrogen and oxygen atoms in total. The third-order valence-corrected chi connectivity index (χ3v) is 6.35. The lowest BCUT2D eigenvalue weighted by atomic mass is 10.0. The number of benzene rings is 2. The van der Waals surface area contributed by atoms with Crippen molar-refractivity contribution in [3.8, 4) is 11.6 Å². The number of aromatic carboxylic acids is 1. The first-order valence-electron chi connectivity index (χ1n) is 10.6. The Kier molecular flexibility index (Phi) is 7.11. The van der Waals surface area contributed by atoms with Crippen molar-refractivity contribution in [3.63, 3.8) is 0 Å². The summed E-state index contributed by atoms with van der Waals surface area (Å²) in [5.74, 6) is -2.88. The highest BCUT2D eigenvalue weighted by Gasteiger charge is 2.34. The number of carboxylic acids is 1. The van der Waals surface area contributed by atoms with Gasteiger partial charge in [-0.2, -0.15) is 0 Å². The lowest BCUT2D eigenvalue weighted by Gasteiger charge is -2.14. The van der Waals surface area contributed by atoms with Crippen LogP contribution in [0.2, 0.25) is 0 Å². The van der Waals surface area contributed by atoms with Crippen molar-refractivity contribution in [1.82, 2.24) is 15.3 Å². The zero-order valence-electron chi connectivity index (χ0n) is 18.7. The highest BCUT2D eigenvalue weighted by Crippen LogP contribution is 2.32. The molecule has 1 saturated heterocycles. The van der Waals surface area contributed by atoms with Gasteiger partial charge in [0.2, 0.25) is 17.7 Å². The van der Waals surface area contributed by atoms with Crippen molar-refractivity contribution >= 4 is 40.4 Å². The van der Waals surface area contributed by atoms with Gasteiger partial charge in [-0.05, 0) is 42.0 Å². The van der Waals surface area contributed by atoms with E-state index in [1.165, 1.54) is 48.5 Å². The predicted octanol–water partition coefficient (Wildman–Crippen LogP) is 0.878. The number of carboxylic acid groups (broad SMARTS) is 1. The number of carbonyl (C=O) groups is 3. The number of phenols is 1. The number of nitrogens with one attached hydrogen (secondary N) is 4. The van der Waals surface area contributed by atoms with Gasteiger partial charge in [0.25, 0.3) is 5.56 Å². The van der Waals surface area contributed by atoms with E-state index in [0.29, 0.717) is 11.3 Å². The van der Waals surface area contributed by atoms with E-state index in [1.807, 2.05) is 4.98 Å². The van der Waals surface area contributed by atoms with Gasteiger partial charge in [-0.1, -0.05) is 23.9 Å². The van der Waals surface area contributed by atoms with E-state index >= 15 is 0 Å². The largest absolute Gasteiger partial charge is 0.508 e. The van der Waals surface area contributed by atoms with E-state index in [1.54, 1.807) is 0 Å². The topological polar surface area (TPSA) is 214 Å². The molecule has 190 valence electrons. The molecule has 7 N–H and O–H groups in total. The molecule has 4 rings (SSSR count). The lowest BCUT2D eigenvalue weighted by Crippen LogP contribution is -2.29. The second-order valence-corrected chi connectivity index (χ2v) is 9.02. The molecule has 2 amide bonds. The van der Waals surface area contributed by atoms with Crippen LogP contribution in [0.25, 0.3) is 0 Å². The molecule has 1 aliphatic heterocycles. The van der Waals surface area contributed by atoms with Gasteiger partial charge in [0.1, 0.15) is 22.6 Å². The van der Waals surface area contributed by atoms with E-state index < -0.39 is 46.2 Å². The third kappa shape index (κ3) is 5.87. The smallest absolute Gasteiger partial charge is 0.335 e. The molecule has 37 heavy (non-hydrogen) atoms. The van der Waals surface area contributed by atoms with Crippen molar-refractivity contribution in [2.24, 2.45) is 4.99 Å². The van der Waals surface area contributed by atoms with Crippen LogP contribution in [0.4, 0.5) is 5.69 Å². The van der Waals surface area contributed by atoms with Crippen LogP contribution >= 0.6 is 11.8 Å². The molecule has 2 aromatic carbocycles. The Morgan fingerprint density at radius 1 is 1.00 bits per heavy atom. The summed E-state index contributed by atoms with van der Waals surface area (Å²) in [6, 6.07) is 9.93. The number of amides is 2. The molecule has 3 aromatic rings. The normalized spacial score (nSPS) is 16.8. The van der Waals surface area contributed by atoms with Gasteiger partial charge < -0.3 is 26.0 Å². The fourth-order valence-electron chi connectivity index (χ4n) is 3.49. The Labute approximate surface area is 211 Å². The number of phenolic OH excluding ortho intramolecular Hbond substituents is 1. The number of rotatable bonds is 7. The Morgan fingerprint density at radius 2 is 1.68 bits per heavy atom. The van der Waals surface area contributed by atoms with Gasteiger partial charge in [0, 0.05) is 12.1 Å². The number of hydrogen-bond donors (Lipinski definition) is 7. The second-order valence-electron chi connectivity index (χ2n) is 7.83. The molecule has 0 spiro atoms. The van der Waals surface area contributed by atoms with Crippen LogP contribution in [0.3, 0.4) is 0 Å². The van der Waals surface area contributed by atoms with Gasteiger partial charge in [-0.3, -0.25) is 24.4 Å². The summed E-state index contributed by atoms with van der Waals surface area (Å²) in [7, 11) is 0. The van der Waals surface area contributed by atoms with E-state index in [0.717, 1.165) is 11.8 Å². The van der Waals surface area contributed by atoms with Crippen LogP contribution in [-0.2, 0) is 9.59 Å². The fourth-order valence-corrected chi connectivity index (χ4v) is 4.49. The number of aromatic nitrogens is 2. The molecule has 0 radical (unpaired) electrons. The minimum Gasteiger partial charge on any atom is -0.508 e. The summed E-state index contributed by atoms with van der Waals surface area (Å²) < 4.78 is 0. The van der Waals surface area contributed by atoms with Crippen molar-refractivity contribution in [3.05, 3.63) is 86.1 Å². The molecule has 14 heteroatoms. The fraction of sp³-hybridized carbons (Fsp3) is 0.130. The highest BCUT2D eigenvalue weighted by molar-refractivity contribution is 8.15. The van der Waals surface area contributed by atoms with Crippen molar-refractivity contribution < 1.29 is 29.7 Å². The number of carbonyl (C=O) groups excluding carboxylic acids is 2. The molecular formula is C23H19N5O8S. The van der Waals surface area contributed by atoms with E-state index in [-0.39, 0.29) is 28.5 Å². The van der Waals surface area contributed by atoms with Crippen LogP contribution in [0, 0.1) is 0 Å². The first kappa shape index (κ1) is 25.2. The molecule has 2 heterocycles. The molecule has 0 saturated carbocycles. The molecule has 0 aliphatic carbocycles. The van der Waals surface area contributed by atoms with Crippen molar-refractivity contribution in [2.75, 3.05) is 5.32 Å². The Morgan fingerprint density at radius 3 is 2.30 bits per heavy atom. The highest BCUT2D eigenvalue weighted by atomic mass is 32.2. The minimum atomic E-state index is -1.18. The summed E-state index contributed by atoms with van der Waals surface area (Å²) in [5, 5.41) is 33.2. The van der Waals surface area contributed by atoms with Crippen LogP contribution in [0.5, 0.6) is 11.6 Å². The molecule has 0 bridgehead atoms. The maximum absolute atomic E-state index is 12.5. The summed E-state index contributed by atoms with van der Waals surface area (Å²) in [4.78, 5) is 68.4. The molecule has 1 aliphatic rings. The number of H-pyrrole nitrogens is 2. The van der Waals surface area contributed by atoms with E-state index in [2.05, 4.69) is 20.6 Å². The average Bonchev–Trinajstić information content (AvgIpc) is 3.17. The van der Waals surface area contributed by atoms with E-state index in [4.69, 9.17) is 5.11 Å². The molecular weight excluding hydrogens is 506 g/mol. The first-order valence-corrected chi connectivity index (χ1v) is 11.5. The monoisotopic (exact) mass is 525 g/mol. The number of aromatic hydroxyl groups is 2. The minimum absolute atomic E-state index is 0.0537. The number of aromatic amines is 2. The number of amidine groups is 1. The molecule has 1 aromatic heterocycles. The van der Waals surface area contributed by atoms with Gasteiger partial charge >= 0.3 is 11.7 Å². The van der Waals surface area contributed by atoms with Gasteiger partial charge in [0.05, 0.1) is 5.56 Å². The maximum Gasteiger partial charge on any atom is 0.335 e. The zero-order chi connectivity index (χ0) is 26.7. The summed E-state index contributed by atoms with van der Waals surface area (Å²) in [6.45, 7) is 0. The van der Waals surface area contributed by atoms with E-state index in [9.17, 15) is 34.2 Å². The number of thioether (sulfide) groups is 1. The molecule has 2 atom stereocenters. The summed E-state index contributed by atoms with van der Waals surface area (Å²) in [5.41, 5.74) is -1.34. The number of nitrogens with zero attached hydrogens (tertiary/aromatic N) is 1. The Hall–Kier alpha value is -4.85. The Bertz CT molecular complexity index is 1510. The number of hydrogen-bond acceptors (Lipinski definition) is 9. The van der Waals surface area contributed by atoms with Crippen LogP contribution in [-0.4, -0.2) is 53.5 Å². The second kappa shape index (κ2) is 10.4. The zero-order valence-corrected chi connectivity index (χ0v) is 19.5. The third-order valence-electron chi connectivity index (χ3n) is 5.25. The first-order chi connectivity index (χ1) is 17.6. The molecule has 1 fully saturated rings. The number of aliphatic imine (C=N–C) groups is 1. The van der Waals surface area contributed by atoms with Crippen molar-refractivity contribution in [2.45, 2.75) is 17.7 Å². The Balaban J connectivity index is 1.55.